The normalized spacial score (nSPS) is 14.2. The number of carbonyl (C=O) groups is 1. The largest absolute Gasteiger partial charge is 0.430 e. The van der Waals surface area contributed by atoms with E-state index in [2.05, 4.69) is 50.7 Å². The van der Waals surface area contributed by atoms with E-state index >= 15 is 0 Å². The molecule has 6 nitrogen and oxygen atoms in total. The zero-order valence-electron chi connectivity index (χ0n) is 18.8. The fraction of sp³-hybridized carbons (Fsp3) is 0.222. The Hall–Kier alpha value is -3.55. The standard InChI is InChI=1S/C27H26N4O2S/c32-26(31-17-15-30(16-18-31)20-22-9-5-2-6-10-22)23-11-13-24(14-12-23)33-27-28-25(29-34-27)19-21-7-3-1-4-8-21/h1-14H,15-20H2. The summed E-state index contributed by atoms with van der Waals surface area (Å²) in [6, 6.07) is 27.9. The molecule has 1 fully saturated rings. The maximum Gasteiger partial charge on any atom is 0.298 e. The minimum absolute atomic E-state index is 0.0620. The number of ether oxygens (including phenoxy) is 1. The van der Waals surface area contributed by atoms with Crippen LogP contribution in [0.5, 0.6) is 10.9 Å². The summed E-state index contributed by atoms with van der Waals surface area (Å²) in [4.78, 5) is 21.8. The molecule has 0 spiro atoms. The molecule has 5 rings (SSSR count). The van der Waals surface area contributed by atoms with Gasteiger partial charge in [-0.1, -0.05) is 60.7 Å². The molecule has 0 unspecified atom stereocenters. The van der Waals surface area contributed by atoms with E-state index in [1.54, 1.807) is 0 Å². The van der Waals surface area contributed by atoms with Crippen LogP contribution in [-0.4, -0.2) is 51.2 Å². The summed E-state index contributed by atoms with van der Waals surface area (Å²) in [7, 11) is 0. The van der Waals surface area contributed by atoms with E-state index < -0.39 is 0 Å². The van der Waals surface area contributed by atoms with Gasteiger partial charge in [-0.25, -0.2) is 0 Å². The van der Waals surface area contributed by atoms with Gasteiger partial charge in [0.2, 0.25) is 0 Å². The predicted octanol–water partition coefficient (Wildman–Crippen LogP) is 4.88. The Morgan fingerprint density at radius 3 is 2.15 bits per heavy atom. The van der Waals surface area contributed by atoms with E-state index in [9.17, 15) is 4.79 Å². The number of rotatable bonds is 7. The lowest BCUT2D eigenvalue weighted by molar-refractivity contribution is 0.0628. The lowest BCUT2D eigenvalue weighted by Gasteiger charge is -2.34. The zero-order chi connectivity index (χ0) is 23.2. The van der Waals surface area contributed by atoms with Gasteiger partial charge in [-0.2, -0.15) is 9.36 Å². The first kappa shape index (κ1) is 22.3. The van der Waals surface area contributed by atoms with E-state index in [1.165, 1.54) is 17.1 Å². The molecule has 0 atom stereocenters. The molecule has 0 aliphatic carbocycles. The van der Waals surface area contributed by atoms with Gasteiger partial charge in [0, 0.05) is 56.2 Å². The molecule has 7 heteroatoms. The SMILES string of the molecule is O=C(c1ccc(Oc2nc(Cc3ccccc3)ns2)cc1)N1CCN(Cc2ccccc2)CC1. The number of hydrogen-bond donors (Lipinski definition) is 0. The summed E-state index contributed by atoms with van der Waals surface area (Å²) in [5.41, 5.74) is 3.14. The molecule has 0 N–H and O–H groups in total. The highest BCUT2D eigenvalue weighted by atomic mass is 32.1. The number of hydrogen-bond acceptors (Lipinski definition) is 6. The maximum atomic E-state index is 13.0. The van der Waals surface area contributed by atoms with E-state index in [0.717, 1.165) is 44.1 Å². The van der Waals surface area contributed by atoms with Crippen LogP contribution in [0, 0.1) is 0 Å². The number of aromatic nitrogens is 2. The Labute approximate surface area is 203 Å². The number of benzene rings is 3. The van der Waals surface area contributed by atoms with Crippen molar-refractivity contribution in [1.82, 2.24) is 19.2 Å². The average Bonchev–Trinajstić information content (AvgIpc) is 3.32. The van der Waals surface area contributed by atoms with Gasteiger partial charge in [0.15, 0.2) is 5.82 Å². The molecule has 0 radical (unpaired) electrons. The third kappa shape index (κ3) is 5.68. The second-order valence-corrected chi connectivity index (χ2v) is 9.03. The van der Waals surface area contributed by atoms with Crippen LogP contribution in [0.1, 0.15) is 27.3 Å². The van der Waals surface area contributed by atoms with Gasteiger partial charge in [-0.3, -0.25) is 9.69 Å². The highest BCUT2D eigenvalue weighted by Crippen LogP contribution is 2.24. The summed E-state index contributed by atoms with van der Waals surface area (Å²) >= 11 is 1.23. The Morgan fingerprint density at radius 2 is 1.47 bits per heavy atom. The molecule has 1 amide bonds. The van der Waals surface area contributed by atoms with Crippen molar-refractivity contribution in [2.45, 2.75) is 13.0 Å². The Balaban J connectivity index is 1.13. The maximum absolute atomic E-state index is 13.0. The average molecular weight is 471 g/mol. The van der Waals surface area contributed by atoms with Crippen LogP contribution in [0.4, 0.5) is 0 Å². The van der Waals surface area contributed by atoms with Gasteiger partial charge in [0.05, 0.1) is 0 Å². The second kappa shape index (κ2) is 10.6. The van der Waals surface area contributed by atoms with Gasteiger partial charge >= 0.3 is 0 Å². The van der Waals surface area contributed by atoms with Crippen LogP contribution in [0.2, 0.25) is 0 Å². The van der Waals surface area contributed by atoms with Crippen LogP contribution < -0.4 is 4.74 Å². The summed E-state index contributed by atoms with van der Waals surface area (Å²) in [5, 5.41) is 0.500. The fourth-order valence-electron chi connectivity index (χ4n) is 4.03. The first-order chi connectivity index (χ1) is 16.7. The minimum atomic E-state index is 0.0620. The first-order valence-electron chi connectivity index (χ1n) is 11.4. The summed E-state index contributed by atoms with van der Waals surface area (Å²) < 4.78 is 10.2. The van der Waals surface area contributed by atoms with Crippen molar-refractivity contribution in [3.63, 3.8) is 0 Å². The van der Waals surface area contributed by atoms with Crippen molar-refractivity contribution in [3.8, 4) is 10.9 Å². The Bertz CT molecular complexity index is 1200. The molecule has 3 aromatic carbocycles. The van der Waals surface area contributed by atoms with E-state index in [-0.39, 0.29) is 5.91 Å². The van der Waals surface area contributed by atoms with Crippen LogP contribution in [0.25, 0.3) is 0 Å². The third-order valence-electron chi connectivity index (χ3n) is 5.87. The predicted molar refractivity (Wildman–Crippen MR) is 133 cm³/mol. The molecule has 34 heavy (non-hydrogen) atoms. The molecule has 1 aromatic heterocycles. The van der Waals surface area contributed by atoms with Crippen molar-refractivity contribution in [3.05, 3.63) is 107 Å². The highest BCUT2D eigenvalue weighted by molar-refractivity contribution is 7.07. The summed E-state index contributed by atoms with van der Waals surface area (Å²) in [6.07, 6.45) is 0.673. The van der Waals surface area contributed by atoms with Crippen molar-refractivity contribution < 1.29 is 9.53 Å². The molecular weight excluding hydrogens is 444 g/mol. The van der Waals surface area contributed by atoms with Crippen LogP contribution >= 0.6 is 11.5 Å². The smallest absolute Gasteiger partial charge is 0.298 e. The van der Waals surface area contributed by atoms with E-state index in [0.29, 0.717) is 22.9 Å². The molecule has 1 aliphatic rings. The first-order valence-corrected chi connectivity index (χ1v) is 12.2. The number of carbonyl (C=O) groups excluding carboxylic acids is 1. The van der Waals surface area contributed by atoms with E-state index in [4.69, 9.17) is 4.74 Å². The van der Waals surface area contributed by atoms with Crippen LogP contribution in [-0.2, 0) is 13.0 Å². The lowest BCUT2D eigenvalue weighted by atomic mass is 10.1. The summed E-state index contributed by atoms with van der Waals surface area (Å²) in [6.45, 7) is 4.15. The van der Waals surface area contributed by atoms with Gasteiger partial charge in [0.25, 0.3) is 11.1 Å². The molecule has 0 bridgehead atoms. The van der Waals surface area contributed by atoms with Gasteiger partial charge in [-0.05, 0) is 35.4 Å². The molecule has 2 heterocycles. The van der Waals surface area contributed by atoms with Crippen molar-refractivity contribution in [2.24, 2.45) is 0 Å². The van der Waals surface area contributed by atoms with Crippen molar-refractivity contribution in [1.29, 1.82) is 0 Å². The molecular formula is C27H26N4O2S. The topological polar surface area (TPSA) is 58.6 Å². The molecule has 1 saturated heterocycles. The molecule has 172 valence electrons. The van der Waals surface area contributed by atoms with E-state index in [1.807, 2.05) is 53.4 Å². The Morgan fingerprint density at radius 1 is 0.824 bits per heavy atom. The number of nitrogens with zero attached hydrogens (tertiary/aromatic N) is 4. The van der Waals surface area contributed by atoms with Crippen molar-refractivity contribution in [2.75, 3.05) is 26.2 Å². The highest BCUT2D eigenvalue weighted by Gasteiger charge is 2.22. The molecule has 1 aliphatic heterocycles. The lowest BCUT2D eigenvalue weighted by Crippen LogP contribution is -2.48. The number of amides is 1. The molecule has 4 aromatic rings. The third-order valence-corrected chi connectivity index (χ3v) is 6.50. The van der Waals surface area contributed by atoms with Gasteiger partial charge in [0.1, 0.15) is 5.75 Å². The monoisotopic (exact) mass is 470 g/mol. The second-order valence-electron chi connectivity index (χ2n) is 8.32. The fourth-order valence-corrected chi connectivity index (χ4v) is 4.60. The molecule has 0 saturated carbocycles. The van der Waals surface area contributed by atoms with Crippen molar-refractivity contribution >= 4 is 17.4 Å². The number of piperazine rings is 1. The van der Waals surface area contributed by atoms with Crippen LogP contribution in [0.3, 0.4) is 0 Å². The van der Waals surface area contributed by atoms with Crippen LogP contribution in [0.15, 0.2) is 84.9 Å². The quantitative estimate of drug-likeness (QED) is 0.385. The minimum Gasteiger partial charge on any atom is -0.430 e. The van der Waals surface area contributed by atoms with Gasteiger partial charge in [-0.15, -0.1) is 0 Å². The Kier molecular flexibility index (Phi) is 6.93. The van der Waals surface area contributed by atoms with Gasteiger partial charge < -0.3 is 9.64 Å². The zero-order valence-corrected chi connectivity index (χ0v) is 19.7. The summed E-state index contributed by atoms with van der Waals surface area (Å²) in [5.74, 6) is 1.45.